The van der Waals surface area contributed by atoms with Crippen LogP contribution in [0.5, 0.6) is 0 Å². The van der Waals surface area contributed by atoms with Crippen LogP contribution in [0.1, 0.15) is 81.1 Å². The number of hydrogen-bond acceptors (Lipinski definition) is 0. The second-order valence-corrected chi connectivity index (χ2v) is 9.36. The molecule has 2 rings (SSSR count). The zero-order chi connectivity index (χ0) is 18.4. The van der Waals surface area contributed by atoms with Gasteiger partial charge in [-0.1, -0.05) is 55.4 Å². The van der Waals surface area contributed by atoms with E-state index in [2.05, 4.69) is 91.8 Å². The molecule has 0 N–H and O–H groups in total. The molecule has 2 aliphatic rings. The third-order valence-corrected chi connectivity index (χ3v) is 4.69. The summed E-state index contributed by atoms with van der Waals surface area (Å²) < 4.78 is 0. The van der Waals surface area contributed by atoms with E-state index < -0.39 is 0 Å². The molecule has 2 aliphatic carbocycles. The van der Waals surface area contributed by atoms with Crippen molar-refractivity contribution < 1.29 is 51.0 Å². The predicted molar refractivity (Wildman–Crippen MR) is 107 cm³/mol. The largest absolute Gasteiger partial charge is 4.00 e. The quantitative estimate of drug-likeness (QED) is 0.498. The Bertz CT molecular complexity index is 472. The van der Waals surface area contributed by atoms with Crippen LogP contribution in [0.25, 0.3) is 0 Å². The Morgan fingerprint density at radius 2 is 1.04 bits per heavy atom. The Morgan fingerprint density at radius 3 is 1.22 bits per heavy atom. The summed E-state index contributed by atoms with van der Waals surface area (Å²) in [5.41, 5.74) is 3.44. The van der Waals surface area contributed by atoms with Gasteiger partial charge in [0.1, 0.15) is 0 Å². The van der Waals surface area contributed by atoms with Crippen LogP contribution in [-0.4, -0.2) is 0 Å². The molecule has 27 heavy (non-hydrogen) atoms. The van der Waals surface area contributed by atoms with Gasteiger partial charge in [-0.3, -0.25) is 12.2 Å². The molecule has 0 fully saturated rings. The number of hydrogen-bond donors (Lipinski definition) is 0. The Kier molecular flexibility index (Phi) is 17.1. The molecule has 0 spiro atoms. The second-order valence-electron chi connectivity index (χ2n) is 9.36. The van der Waals surface area contributed by atoms with Gasteiger partial charge in [0.25, 0.3) is 0 Å². The molecule has 0 unspecified atom stereocenters. The molecule has 0 nitrogen and oxygen atoms in total. The van der Waals surface area contributed by atoms with Gasteiger partial charge in [-0.05, 0) is 35.5 Å². The summed E-state index contributed by atoms with van der Waals surface area (Å²) in [5.74, 6) is 1.53. The molecule has 0 aliphatic heterocycles. The van der Waals surface area contributed by atoms with E-state index in [0.29, 0.717) is 10.8 Å². The molecule has 0 aromatic heterocycles. The molecule has 152 valence electrons. The first-order chi connectivity index (χ1) is 11.0. The van der Waals surface area contributed by atoms with Gasteiger partial charge in [-0.15, -0.1) is 12.8 Å². The topological polar surface area (TPSA) is 0 Å². The molecule has 0 heterocycles. The minimum absolute atomic E-state index is 0. The van der Waals surface area contributed by atoms with Gasteiger partial charge in [-0.25, -0.2) is 23.3 Å². The molecule has 0 radical (unpaired) electrons. The van der Waals surface area contributed by atoms with Crippen LogP contribution >= 0.6 is 0 Å². The van der Waals surface area contributed by atoms with Gasteiger partial charge in [0.15, 0.2) is 0 Å². The predicted octanol–water partition coefficient (Wildman–Crippen LogP) is 1.50. The molecule has 0 amide bonds. The van der Waals surface area contributed by atoms with E-state index >= 15 is 0 Å². The monoisotopic (exact) mass is 486 g/mol. The van der Waals surface area contributed by atoms with Crippen molar-refractivity contribution in [1.29, 1.82) is 0 Å². The smallest absolute Gasteiger partial charge is 1.00 e. The van der Waals surface area contributed by atoms with Crippen LogP contribution in [0.2, 0.25) is 0 Å². The molecule has 0 atom stereocenters. The number of allylic oxidation sites excluding steroid dienone is 8. The molecular formula is C24H38Cl2Zr. The molecular weight excluding hydrogens is 450 g/mol. The molecule has 0 aromatic rings. The van der Waals surface area contributed by atoms with Gasteiger partial charge in [0, 0.05) is 0 Å². The summed E-state index contributed by atoms with van der Waals surface area (Å²) in [6.45, 7) is 18.4. The van der Waals surface area contributed by atoms with Crippen molar-refractivity contribution >= 4 is 0 Å². The zero-order valence-electron chi connectivity index (χ0n) is 18.5. The molecule has 0 aromatic carbocycles. The van der Waals surface area contributed by atoms with Crippen LogP contribution in [-0.2, 0) is 26.2 Å². The van der Waals surface area contributed by atoms with Crippen LogP contribution in [0.15, 0.2) is 35.5 Å². The fourth-order valence-corrected chi connectivity index (χ4v) is 4.00. The van der Waals surface area contributed by atoms with Crippen molar-refractivity contribution in [2.45, 2.75) is 81.1 Å². The van der Waals surface area contributed by atoms with Crippen LogP contribution in [0.3, 0.4) is 0 Å². The maximum Gasteiger partial charge on any atom is 4.00 e. The minimum Gasteiger partial charge on any atom is -1.00 e. The third kappa shape index (κ3) is 11.9. The Labute approximate surface area is 201 Å². The standard InChI is InChI=1S/2C12H19.2ClH.Zr/c2*1-10(2)9-12(3,4)11-7-5-6-8-11;;;/h2*5,7,10H,6,9H2,1-4H3;2*1H;/q2*-1;;;+4/p-2. The fraction of sp³-hybridized carbons (Fsp3) is 0.667. The van der Waals surface area contributed by atoms with Crippen LogP contribution < -0.4 is 24.8 Å². The van der Waals surface area contributed by atoms with E-state index in [0.717, 1.165) is 24.7 Å². The van der Waals surface area contributed by atoms with Crippen molar-refractivity contribution in [3.05, 3.63) is 47.6 Å². The van der Waals surface area contributed by atoms with Crippen molar-refractivity contribution in [1.82, 2.24) is 0 Å². The van der Waals surface area contributed by atoms with Crippen LogP contribution in [0, 0.1) is 34.8 Å². The van der Waals surface area contributed by atoms with Gasteiger partial charge >= 0.3 is 26.2 Å². The molecule has 0 saturated heterocycles. The average molecular weight is 489 g/mol. The summed E-state index contributed by atoms with van der Waals surface area (Å²) in [6.07, 6.45) is 20.2. The number of rotatable bonds is 6. The first kappa shape index (κ1) is 32.1. The van der Waals surface area contributed by atoms with E-state index in [1.165, 1.54) is 24.0 Å². The van der Waals surface area contributed by atoms with Crippen molar-refractivity contribution in [2.24, 2.45) is 22.7 Å². The maximum absolute atomic E-state index is 3.41. The summed E-state index contributed by atoms with van der Waals surface area (Å²) in [5, 5.41) is 0. The summed E-state index contributed by atoms with van der Waals surface area (Å²) in [7, 11) is 0. The van der Waals surface area contributed by atoms with Crippen molar-refractivity contribution in [2.75, 3.05) is 0 Å². The third-order valence-electron chi connectivity index (χ3n) is 4.69. The first-order valence-electron chi connectivity index (χ1n) is 9.60. The molecule has 3 heteroatoms. The van der Waals surface area contributed by atoms with Crippen LogP contribution in [0.4, 0.5) is 0 Å². The van der Waals surface area contributed by atoms with E-state index in [1.807, 2.05) is 0 Å². The summed E-state index contributed by atoms with van der Waals surface area (Å²) in [4.78, 5) is 0. The average Bonchev–Trinajstić information content (AvgIpc) is 3.11. The van der Waals surface area contributed by atoms with Gasteiger partial charge in [-0.2, -0.15) is 12.2 Å². The number of halogens is 2. The minimum atomic E-state index is 0. The Hall–Kier alpha value is 0.423. The first-order valence-corrected chi connectivity index (χ1v) is 9.60. The Morgan fingerprint density at radius 1 is 0.741 bits per heavy atom. The van der Waals surface area contributed by atoms with Gasteiger partial charge in [0.2, 0.25) is 0 Å². The second kappa shape index (κ2) is 14.4. The maximum atomic E-state index is 3.41. The molecule has 0 bridgehead atoms. The van der Waals surface area contributed by atoms with E-state index in [9.17, 15) is 0 Å². The van der Waals surface area contributed by atoms with E-state index in [1.54, 1.807) is 0 Å². The SMILES string of the molecule is CC(C)CC(C)(C)C1=[C-]CC=C1.CC(C)CC(C)(C)C1=[C-]CC=C1.[Cl-].[Cl-].[Zr+4]. The van der Waals surface area contributed by atoms with Gasteiger partial charge < -0.3 is 24.8 Å². The zero-order valence-corrected chi connectivity index (χ0v) is 22.5. The Balaban J connectivity index is -0.000000384. The van der Waals surface area contributed by atoms with Crippen molar-refractivity contribution in [3.63, 3.8) is 0 Å². The van der Waals surface area contributed by atoms with E-state index in [4.69, 9.17) is 0 Å². The van der Waals surface area contributed by atoms with Crippen molar-refractivity contribution in [3.8, 4) is 0 Å². The normalized spacial score (nSPS) is 15.3. The fourth-order valence-electron chi connectivity index (χ4n) is 4.00. The summed E-state index contributed by atoms with van der Waals surface area (Å²) >= 11 is 0. The summed E-state index contributed by atoms with van der Waals surface area (Å²) in [6, 6.07) is 0. The van der Waals surface area contributed by atoms with Gasteiger partial charge in [0.05, 0.1) is 0 Å². The van der Waals surface area contributed by atoms with E-state index in [-0.39, 0.29) is 51.0 Å². The molecule has 0 saturated carbocycles.